The lowest BCUT2D eigenvalue weighted by atomic mass is 9.68. The molecular weight excluding hydrogens is 344 g/mol. The Kier molecular flexibility index (Phi) is 4.36. The highest BCUT2D eigenvalue weighted by Gasteiger charge is 2.45. The summed E-state index contributed by atoms with van der Waals surface area (Å²) in [5.74, 6) is -0.134. The normalized spacial score (nSPS) is 19.0. The molecule has 6 heteroatoms. The van der Waals surface area contributed by atoms with E-state index in [9.17, 15) is 9.90 Å². The lowest BCUT2D eigenvalue weighted by Gasteiger charge is -2.33. The van der Waals surface area contributed by atoms with Crippen molar-refractivity contribution in [2.24, 2.45) is 0 Å². The minimum atomic E-state index is -0.957. The molecule has 1 aliphatic rings. The van der Waals surface area contributed by atoms with Gasteiger partial charge in [-0.15, -0.1) is 0 Å². The van der Waals surface area contributed by atoms with Crippen molar-refractivity contribution in [3.05, 3.63) is 65.0 Å². The van der Waals surface area contributed by atoms with Crippen LogP contribution in [0, 0.1) is 6.92 Å². The summed E-state index contributed by atoms with van der Waals surface area (Å²) in [6.45, 7) is 2.10. The van der Waals surface area contributed by atoms with Crippen LogP contribution in [0.2, 0.25) is 0 Å². The smallest absolute Gasteiger partial charge is 0.314 e. The summed E-state index contributed by atoms with van der Waals surface area (Å²) in [5, 5.41) is 14.9. The van der Waals surface area contributed by atoms with Gasteiger partial charge in [-0.3, -0.25) is 4.79 Å². The first-order chi connectivity index (χ1) is 13.0. The average Bonchev–Trinajstić information content (AvgIpc) is 3.03. The van der Waals surface area contributed by atoms with Crippen molar-refractivity contribution in [2.75, 3.05) is 13.9 Å². The molecule has 0 aliphatic heterocycles. The van der Waals surface area contributed by atoms with E-state index in [2.05, 4.69) is 0 Å². The third-order valence-electron chi connectivity index (χ3n) is 5.34. The molecular formula is C21H22N2O4. The van der Waals surface area contributed by atoms with E-state index in [1.807, 2.05) is 54.0 Å². The number of carboxylic acids is 1. The first-order valence-corrected chi connectivity index (χ1v) is 8.96. The molecule has 0 saturated heterocycles. The molecule has 140 valence electrons. The molecule has 0 bridgehead atoms. The summed E-state index contributed by atoms with van der Waals surface area (Å²) >= 11 is 0. The van der Waals surface area contributed by atoms with Crippen LogP contribution in [0.15, 0.2) is 42.6 Å². The highest BCUT2D eigenvalue weighted by Crippen LogP contribution is 2.42. The quantitative estimate of drug-likeness (QED) is 0.703. The number of benzene rings is 1. The second-order valence-electron chi connectivity index (χ2n) is 7.08. The number of aryl methyl sites for hydroxylation is 2. The van der Waals surface area contributed by atoms with Crippen molar-refractivity contribution in [2.45, 2.75) is 31.6 Å². The summed E-state index contributed by atoms with van der Waals surface area (Å²) in [5.41, 5.74) is 3.60. The Balaban J connectivity index is 1.88. The van der Waals surface area contributed by atoms with E-state index in [-0.39, 0.29) is 6.79 Å². The second kappa shape index (κ2) is 6.70. The fraction of sp³-hybridized carbons (Fsp3) is 0.333. The number of aromatic nitrogens is 2. The van der Waals surface area contributed by atoms with Gasteiger partial charge in [-0.1, -0.05) is 30.3 Å². The van der Waals surface area contributed by atoms with Crippen LogP contribution >= 0.6 is 0 Å². The number of rotatable bonds is 5. The number of ether oxygens (including phenoxy) is 2. The molecule has 27 heavy (non-hydrogen) atoms. The Morgan fingerprint density at radius 3 is 2.81 bits per heavy atom. The van der Waals surface area contributed by atoms with Gasteiger partial charge in [0.2, 0.25) is 0 Å². The van der Waals surface area contributed by atoms with Gasteiger partial charge in [-0.2, -0.15) is 5.10 Å². The molecule has 0 amide bonds. The van der Waals surface area contributed by atoms with E-state index < -0.39 is 11.4 Å². The lowest BCUT2D eigenvalue weighted by Crippen LogP contribution is -2.41. The van der Waals surface area contributed by atoms with Crippen LogP contribution in [0.4, 0.5) is 0 Å². The molecule has 0 saturated carbocycles. The average molecular weight is 366 g/mol. The Morgan fingerprint density at radius 1 is 1.33 bits per heavy atom. The maximum Gasteiger partial charge on any atom is 0.314 e. The molecule has 0 radical (unpaired) electrons. The Labute approximate surface area is 157 Å². The van der Waals surface area contributed by atoms with E-state index in [0.29, 0.717) is 25.0 Å². The minimum absolute atomic E-state index is 0.127. The molecule has 1 N–H and O–H groups in total. The Hall–Kier alpha value is -2.86. The highest BCUT2D eigenvalue weighted by atomic mass is 16.7. The van der Waals surface area contributed by atoms with Crippen LogP contribution in [0.5, 0.6) is 5.75 Å². The Morgan fingerprint density at radius 2 is 2.11 bits per heavy atom. The van der Waals surface area contributed by atoms with E-state index in [1.165, 1.54) is 0 Å². The van der Waals surface area contributed by atoms with Crippen molar-refractivity contribution in [1.29, 1.82) is 0 Å². The SMILES string of the molecule is COCOc1cc(C)cn2nc3c(c12)CC(C(=O)O)(c1ccccc1)CC3. The fourth-order valence-electron chi connectivity index (χ4n) is 4.03. The van der Waals surface area contributed by atoms with E-state index >= 15 is 0 Å². The molecule has 6 nitrogen and oxygen atoms in total. The number of methoxy groups -OCH3 is 1. The predicted octanol–water partition coefficient (Wildman–Crippen LogP) is 3.14. The number of carbonyl (C=O) groups is 1. The van der Waals surface area contributed by atoms with Gasteiger partial charge in [-0.25, -0.2) is 4.52 Å². The largest absolute Gasteiger partial charge is 0.481 e. The number of hydrogen-bond acceptors (Lipinski definition) is 4. The first kappa shape index (κ1) is 17.5. The molecule has 2 heterocycles. The second-order valence-corrected chi connectivity index (χ2v) is 7.08. The molecule has 2 aromatic heterocycles. The van der Waals surface area contributed by atoms with Gasteiger partial charge < -0.3 is 14.6 Å². The van der Waals surface area contributed by atoms with Crippen LogP contribution in [-0.2, 0) is 27.8 Å². The molecule has 1 aromatic carbocycles. The zero-order chi connectivity index (χ0) is 19.0. The fourth-order valence-corrected chi connectivity index (χ4v) is 4.03. The van der Waals surface area contributed by atoms with Gasteiger partial charge in [-0.05, 0) is 43.4 Å². The zero-order valence-electron chi connectivity index (χ0n) is 15.4. The highest BCUT2D eigenvalue weighted by molar-refractivity contribution is 5.84. The van der Waals surface area contributed by atoms with E-state index in [4.69, 9.17) is 14.6 Å². The minimum Gasteiger partial charge on any atom is -0.481 e. The molecule has 4 rings (SSSR count). The van der Waals surface area contributed by atoms with Crippen LogP contribution in [0.3, 0.4) is 0 Å². The van der Waals surface area contributed by atoms with Crippen molar-refractivity contribution in [3.63, 3.8) is 0 Å². The maximum absolute atomic E-state index is 12.4. The molecule has 1 atom stereocenters. The van der Waals surface area contributed by atoms with Gasteiger partial charge in [0.05, 0.1) is 11.1 Å². The first-order valence-electron chi connectivity index (χ1n) is 8.96. The summed E-state index contributed by atoms with van der Waals surface area (Å²) in [7, 11) is 1.57. The van der Waals surface area contributed by atoms with Crippen LogP contribution in [-0.4, -0.2) is 34.6 Å². The van der Waals surface area contributed by atoms with Gasteiger partial charge >= 0.3 is 5.97 Å². The summed E-state index contributed by atoms with van der Waals surface area (Å²) in [6.07, 6.45) is 3.47. The zero-order valence-corrected chi connectivity index (χ0v) is 15.4. The van der Waals surface area contributed by atoms with Crippen molar-refractivity contribution in [1.82, 2.24) is 9.61 Å². The molecule has 0 fully saturated rings. The number of fused-ring (bicyclic) bond motifs is 3. The van der Waals surface area contributed by atoms with Crippen molar-refractivity contribution < 1.29 is 19.4 Å². The van der Waals surface area contributed by atoms with E-state index in [0.717, 1.165) is 27.9 Å². The van der Waals surface area contributed by atoms with Gasteiger partial charge in [0.15, 0.2) is 6.79 Å². The predicted molar refractivity (Wildman–Crippen MR) is 100 cm³/mol. The van der Waals surface area contributed by atoms with Crippen LogP contribution < -0.4 is 4.74 Å². The Bertz CT molecular complexity index is 996. The number of pyridine rings is 1. The van der Waals surface area contributed by atoms with Gasteiger partial charge in [0, 0.05) is 18.9 Å². The summed E-state index contributed by atoms with van der Waals surface area (Å²) in [6, 6.07) is 11.4. The topological polar surface area (TPSA) is 73.1 Å². The third-order valence-corrected chi connectivity index (χ3v) is 5.34. The van der Waals surface area contributed by atoms with Crippen LogP contribution in [0.25, 0.3) is 5.52 Å². The lowest BCUT2D eigenvalue weighted by molar-refractivity contribution is -0.144. The number of nitrogens with zero attached hydrogens (tertiary/aromatic N) is 2. The summed E-state index contributed by atoms with van der Waals surface area (Å²) < 4.78 is 12.6. The molecule has 0 spiro atoms. The standard InChI is InChI=1S/C21H22N2O4/c1-14-10-18(27-13-26-2)19-16-11-21(20(24)25,15-6-4-3-5-7-15)9-8-17(16)22-23(19)12-14/h3-7,10,12H,8-9,11,13H2,1-2H3,(H,24,25). The van der Waals surface area contributed by atoms with Crippen LogP contribution in [0.1, 0.15) is 28.8 Å². The molecule has 1 unspecified atom stereocenters. The number of carboxylic acid groups (broad SMARTS) is 1. The maximum atomic E-state index is 12.4. The molecule has 1 aliphatic carbocycles. The van der Waals surface area contributed by atoms with Gasteiger partial charge in [0.1, 0.15) is 11.3 Å². The van der Waals surface area contributed by atoms with Gasteiger partial charge in [0.25, 0.3) is 0 Å². The number of aliphatic carboxylic acids is 1. The van der Waals surface area contributed by atoms with E-state index in [1.54, 1.807) is 7.11 Å². The van der Waals surface area contributed by atoms with Crippen molar-refractivity contribution in [3.8, 4) is 5.75 Å². The van der Waals surface area contributed by atoms with Crippen molar-refractivity contribution >= 4 is 11.5 Å². The monoisotopic (exact) mass is 366 g/mol. The third kappa shape index (κ3) is 2.86. The number of hydrogen-bond donors (Lipinski definition) is 1. The summed E-state index contributed by atoms with van der Waals surface area (Å²) in [4.78, 5) is 12.4. The molecule has 3 aromatic rings.